The molecule has 1 aliphatic rings. The predicted molar refractivity (Wildman–Crippen MR) is 134 cm³/mol. The number of carbonyl (C=O) groups is 2. The van der Waals surface area contributed by atoms with Crippen LogP contribution in [-0.2, 0) is 26.0 Å². The van der Waals surface area contributed by atoms with Gasteiger partial charge in [0.05, 0.1) is 25.2 Å². The minimum absolute atomic E-state index is 0.0603. The molecule has 188 valence electrons. The average molecular weight is 502 g/mol. The molecule has 2 aromatic rings. The van der Waals surface area contributed by atoms with Gasteiger partial charge >= 0.3 is 5.97 Å². The monoisotopic (exact) mass is 501 g/mol. The van der Waals surface area contributed by atoms with E-state index in [1.54, 1.807) is 19.2 Å². The van der Waals surface area contributed by atoms with Crippen molar-refractivity contribution in [3.63, 3.8) is 0 Å². The Kier molecular flexibility index (Phi) is 9.31. The van der Waals surface area contributed by atoms with Gasteiger partial charge in [0.25, 0.3) is 0 Å². The van der Waals surface area contributed by atoms with Crippen molar-refractivity contribution in [2.75, 3.05) is 23.8 Å². The van der Waals surface area contributed by atoms with Crippen LogP contribution in [0, 0.1) is 0 Å². The van der Waals surface area contributed by atoms with Crippen molar-refractivity contribution >= 4 is 33.7 Å². The van der Waals surface area contributed by atoms with Gasteiger partial charge in [-0.05, 0) is 61.9 Å². The van der Waals surface area contributed by atoms with Crippen LogP contribution in [0.2, 0.25) is 0 Å². The highest BCUT2D eigenvalue weighted by atomic mass is 32.2. The Morgan fingerprint density at radius 1 is 1.14 bits per heavy atom. The zero-order valence-corrected chi connectivity index (χ0v) is 20.6. The molecular weight excluding hydrogens is 470 g/mol. The average Bonchev–Trinajstić information content (AvgIpc) is 2.82. The molecule has 0 aromatic heterocycles. The van der Waals surface area contributed by atoms with Gasteiger partial charge in [-0.3, -0.25) is 9.59 Å². The van der Waals surface area contributed by atoms with E-state index in [1.165, 1.54) is 6.07 Å². The van der Waals surface area contributed by atoms with Crippen molar-refractivity contribution in [1.82, 2.24) is 0 Å². The van der Waals surface area contributed by atoms with Gasteiger partial charge in [-0.2, -0.15) is 0 Å². The van der Waals surface area contributed by atoms with Crippen molar-refractivity contribution in [1.29, 1.82) is 0 Å². The molecule has 0 atom stereocenters. The number of unbranched alkanes of at least 4 members (excludes halogenated alkanes) is 2. The number of hydrogen-bond donors (Lipinski definition) is 1. The molecule has 9 heteroatoms. The van der Waals surface area contributed by atoms with E-state index in [4.69, 9.17) is 9.47 Å². The quantitative estimate of drug-likeness (QED) is 0.428. The van der Waals surface area contributed by atoms with Gasteiger partial charge in [0.15, 0.2) is 0 Å². The molecule has 2 aromatic carbocycles. The Morgan fingerprint density at radius 2 is 1.91 bits per heavy atom. The minimum Gasteiger partial charge on any atom is -0.497 e. The molecule has 0 radical (unpaired) electrons. The van der Waals surface area contributed by atoms with E-state index in [0.29, 0.717) is 17.9 Å². The Bertz CT molecular complexity index is 1160. The first-order chi connectivity index (χ1) is 16.8. The first kappa shape index (κ1) is 26.3. The number of carbonyl (C=O) groups excluding carboxylic acids is 1. The van der Waals surface area contributed by atoms with Crippen molar-refractivity contribution in [2.45, 2.75) is 44.9 Å². The van der Waals surface area contributed by atoms with E-state index < -0.39 is 21.9 Å². The maximum atomic E-state index is 12.6. The van der Waals surface area contributed by atoms with Gasteiger partial charge in [0.2, 0.25) is 15.9 Å². The number of benzene rings is 2. The van der Waals surface area contributed by atoms with Crippen LogP contribution < -0.4 is 13.8 Å². The summed E-state index contributed by atoms with van der Waals surface area (Å²) in [6.07, 6.45) is 6.92. The molecule has 1 heterocycles. The smallest absolute Gasteiger partial charge is 0.303 e. The van der Waals surface area contributed by atoms with Crippen molar-refractivity contribution < 1.29 is 32.6 Å². The van der Waals surface area contributed by atoms with Gasteiger partial charge in [0.1, 0.15) is 11.5 Å². The van der Waals surface area contributed by atoms with Crippen LogP contribution in [0.15, 0.2) is 48.5 Å². The lowest BCUT2D eigenvalue weighted by molar-refractivity contribution is -0.137. The fourth-order valence-corrected chi connectivity index (χ4v) is 5.45. The largest absolute Gasteiger partial charge is 0.497 e. The number of rotatable bonds is 12. The van der Waals surface area contributed by atoms with Crippen molar-refractivity contribution in [3.8, 4) is 11.5 Å². The summed E-state index contributed by atoms with van der Waals surface area (Å²) in [5.41, 5.74) is 1.70. The summed E-state index contributed by atoms with van der Waals surface area (Å²) < 4.78 is 37.2. The number of carboxylic acids is 1. The van der Waals surface area contributed by atoms with Crippen LogP contribution in [0.5, 0.6) is 11.5 Å². The van der Waals surface area contributed by atoms with E-state index in [2.05, 4.69) is 6.08 Å². The van der Waals surface area contributed by atoms with E-state index in [1.807, 2.05) is 30.3 Å². The Labute approximate surface area is 206 Å². The second-order valence-electron chi connectivity index (χ2n) is 8.25. The molecule has 35 heavy (non-hydrogen) atoms. The summed E-state index contributed by atoms with van der Waals surface area (Å²) in [6.45, 7) is 0.389. The van der Waals surface area contributed by atoms with Gasteiger partial charge in [-0.15, -0.1) is 0 Å². The van der Waals surface area contributed by atoms with Gasteiger partial charge in [0, 0.05) is 18.4 Å². The molecule has 1 fully saturated rings. The highest BCUT2D eigenvalue weighted by Crippen LogP contribution is 2.34. The van der Waals surface area contributed by atoms with Gasteiger partial charge in [-0.25, -0.2) is 12.7 Å². The minimum atomic E-state index is -3.80. The molecule has 1 aliphatic heterocycles. The highest BCUT2D eigenvalue weighted by molar-refractivity contribution is 7.93. The molecular formula is C26H31NO7S. The van der Waals surface area contributed by atoms with Crippen LogP contribution in [0.3, 0.4) is 0 Å². The second-order valence-corrected chi connectivity index (χ2v) is 10.2. The molecule has 0 unspecified atom stereocenters. The lowest BCUT2D eigenvalue weighted by Crippen LogP contribution is -2.42. The topological polar surface area (TPSA) is 110 Å². The number of methoxy groups -OCH3 is 1. The third-order valence-corrected chi connectivity index (χ3v) is 7.42. The Balaban J connectivity index is 1.63. The van der Waals surface area contributed by atoms with Crippen LogP contribution in [0.25, 0.3) is 6.08 Å². The fraction of sp³-hybridized carbons (Fsp3) is 0.385. The van der Waals surface area contributed by atoms with Crippen LogP contribution >= 0.6 is 0 Å². The highest BCUT2D eigenvalue weighted by Gasteiger charge is 2.35. The van der Waals surface area contributed by atoms with E-state index in [9.17, 15) is 23.1 Å². The summed E-state index contributed by atoms with van der Waals surface area (Å²) in [6, 6.07) is 12.6. The van der Waals surface area contributed by atoms with Crippen molar-refractivity contribution in [2.24, 2.45) is 0 Å². The maximum absolute atomic E-state index is 12.6. The lowest BCUT2D eigenvalue weighted by atomic mass is 10.1. The molecule has 1 N–H and O–H groups in total. The normalized spacial score (nSPS) is 15.3. The third kappa shape index (κ3) is 7.32. The standard InChI is InChI=1S/C26H31NO7S/c1-33-21-14-12-20(13-15-21)8-4-2-3-5-18-34-24-10-6-9-23(22(24)16-17-26(29)30)27-25(28)11-7-19-35(27,31)32/h4,6,8-10,12-15H,2-3,5,7,11,16-19H2,1H3,(H,29,30). The summed E-state index contributed by atoms with van der Waals surface area (Å²) in [5.74, 6) is -0.415. The number of ether oxygens (including phenoxy) is 2. The van der Waals surface area contributed by atoms with Crippen molar-refractivity contribution in [3.05, 3.63) is 59.7 Å². The molecule has 1 saturated heterocycles. The number of aliphatic carboxylic acids is 1. The third-order valence-electron chi connectivity index (χ3n) is 5.66. The van der Waals surface area contributed by atoms with E-state index in [0.717, 1.165) is 34.9 Å². The number of sulfonamides is 1. The zero-order chi connectivity index (χ0) is 25.3. The SMILES string of the molecule is COc1ccc(C=CCCCCOc2cccc(N3C(=O)CCCS3(=O)=O)c2CCC(=O)O)cc1. The summed E-state index contributed by atoms with van der Waals surface area (Å²) in [5, 5.41) is 9.17. The van der Waals surface area contributed by atoms with Crippen LogP contribution in [0.1, 0.15) is 49.7 Å². The second kappa shape index (κ2) is 12.4. The Morgan fingerprint density at radius 3 is 2.60 bits per heavy atom. The molecule has 3 rings (SSSR count). The van der Waals surface area contributed by atoms with Crippen LogP contribution in [0.4, 0.5) is 5.69 Å². The number of nitrogens with zero attached hydrogens (tertiary/aromatic N) is 1. The van der Waals surface area contributed by atoms with E-state index >= 15 is 0 Å². The number of hydrogen-bond acceptors (Lipinski definition) is 6. The molecule has 0 aliphatic carbocycles. The molecule has 0 saturated carbocycles. The molecule has 8 nitrogen and oxygen atoms in total. The molecule has 0 spiro atoms. The number of allylic oxidation sites excluding steroid dienone is 1. The zero-order valence-electron chi connectivity index (χ0n) is 19.8. The lowest BCUT2D eigenvalue weighted by Gasteiger charge is -2.29. The van der Waals surface area contributed by atoms with E-state index in [-0.39, 0.29) is 37.1 Å². The number of amides is 1. The first-order valence-corrected chi connectivity index (χ1v) is 13.3. The van der Waals surface area contributed by atoms with Gasteiger partial charge in [-0.1, -0.05) is 30.4 Å². The molecule has 0 bridgehead atoms. The summed E-state index contributed by atoms with van der Waals surface area (Å²) in [4.78, 5) is 23.7. The maximum Gasteiger partial charge on any atom is 0.303 e. The number of carboxylic acid groups (broad SMARTS) is 1. The molecule has 1 amide bonds. The Hall–Kier alpha value is -3.33. The fourth-order valence-electron chi connectivity index (χ4n) is 3.88. The van der Waals surface area contributed by atoms with Gasteiger partial charge < -0.3 is 14.6 Å². The predicted octanol–water partition coefficient (Wildman–Crippen LogP) is 4.43. The number of anilines is 1. The summed E-state index contributed by atoms with van der Waals surface area (Å²) in [7, 11) is -2.17. The summed E-state index contributed by atoms with van der Waals surface area (Å²) >= 11 is 0. The van der Waals surface area contributed by atoms with Crippen LogP contribution in [-0.4, -0.2) is 44.9 Å². The first-order valence-electron chi connectivity index (χ1n) is 11.6.